The van der Waals surface area contributed by atoms with E-state index >= 15 is 0 Å². The minimum atomic E-state index is -0.534. The topological polar surface area (TPSA) is 73.9 Å². The monoisotopic (exact) mass is 346 g/mol. The first-order valence-electron chi connectivity index (χ1n) is 8.91. The Kier molecular flexibility index (Phi) is 5.75. The van der Waals surface area contributed by atoms with Gasteiger partial charge in [0.2, 0.25) is 0 Å². The number of methoxy groups -OCH3 is 1. The summed E-state index contributed by atoms with van der Waals surface area (Å²) in [7, 11) is 1.31. The van der Waals surface area contributed by atoms with Crippen LogP contribution in [-0.2, 0) is 4.74 Å². The zero-order valence-corrected chi connectivity index (χ0v) is 14.7. The summed E-state index contributed by atoms with van der Waals surface area (Å²) in [5.74, 6) is 0. The second-order valence-corrected chi connectivity index (χ2v) is 6.62. The van der Waals surface area contributed by atoms with Crippen LogP contribution in [0, 0.1) is 0 Å². The van der Waals surface area contributed by atoms with E-state index in [-0.39, 0.29) is 12.1 Å². The van der Waals surface area contributed by atoms with Gasteiger partial charge in [-0.05, 0) is 57.0 Å². The summed E-state index contributed by atoms with van der Waals surface area (Å²) in [5.41, 5.74) is 1.24. The van der Waals surface area contributed by atoms with Crippen LogP contribution in [0.1, 0.15) is 25.7 Å². The van der Waals surface area contributed by atoms with Crippen LogP contribution >= 0.6 is 0 Å². The van der Waals surface area contributed by atoms with E-state index < -0.39 is 6.09 Å². The summed E-state index contributed by atoms with van der Waals surface area (Å²) in [5, 5.41) is 5.55. The van der Waals surface area contributed by atoms with Crippen molar-refractivity contribution in [1.82, 2.24) is 9.80 Å². The summed E-state index contributed by atoms with van der Waals surface area (Å²) < 4.78 is 4.58. The molecule has 1 aromatic carbocycles. The van der Waals surface area contributed by atoms with Gasteiger partial charge in [-0.2, -0.15) is 0 Å². The van der Waals surface area contributed by atoms with E-state index in [1.165, 1.54) is 20.0 Å². The Hall–Kier alpha value is -2.28. The lowest BCUT2D eigenvalue weighted by Crippen LogP contribution is -2.44. The number of hydrogen-bond donors (Lipinski definition) is 2. The van der Waals surface area contributed by atoms with Crippen LogP contribution in [0.25, 0.3) is 0 Å². The largest absolute Gasteiger partial charge is 0.453 e. The van der Waals surface area contributed by atoms with Gasteiger partial charge in [-0.25, -0.2) is 9.59 Å². The lowest BCUT2D eigenvalue weighted by molar-refractivity contribution is 0.186. The van der Waals surface area contributed by atoms with Crippen LogP contribution in [0.5, 0.6) is 0 Å². The molecule has 0 aromatic heterocycles. The van der Waals surface area contributed by atoms with E-state index in [0.29, 0.717) is 11.4 Å². The fourth-order valence-corrected chi connectivity index (χ4v) is 3.59. The first kappa shape index (κ1) is 17.5. The fourth-order valence-electron chi connectivity index (χ4n) is 3.59. The minimum absolute atomic E-state index is 0.0723. The highest BCUT2D eigenvalue weighted by atomic mass is 16.5. The molecule has 0 saturated carbocycles. The van der Waals surface area contributed by atoms with Crippen LogP contribution < -0.4 is 10.6 Å². The van der Waals surface area contributed by atoms with E-state index in [2.05, 4.69) is 20.3 Å². The highest BCUT2D eigenvalue weighted by Gasteiger charge is 2.30. The Labute approximate surface area is 148 Å². The van der Waals surface area contributed by atoms with Crippen LogP contribution in [0.3, 0.4) is 0 Å². The predicted octanol–water partition coefficient (Wildman–Crippen LogP) is 2.96. The molecular formula is C18H26N4O3. The molecule has 0 spiro atoms. The van der Waals surface area contributed by atoms with Crippen molar-refractivity contribution in [2.45, 2.75) is 31.7 Å². The summed E-state index contributed by atoms with van der Waals surface area (Å²) in [4.78, 5) is 28.4. The van der Waals surface area contributed by atoms with Gasteiger partial charge in [0.15, 0.2) is 0 Å². The maximum atomic E-state index is 12.7. The third kappa shape index (κ3) is 4.63. The number of carbonyl (C=O) groups excluding carboxylic acids is 2. The third-order valence-electron chi connectivity index (χ3n) is 4.85. The first-order chi connectivity index (χ1) is 12.2. The number of rotatable bonds is 4. The number of nitrogens with one attached hydrogen (secondary N) is 2. The summed E-state index contributed by atoms with van der Waals surface area (Å²) >= 11 is 0. The van der Waals surface area contributed by atoms with E-state index in [9.17, 15) is 9.59 Å². The van der Waals surface area contributed by atoms with Gasteiger partial charge in [-0.15, -0.1) is 0 Å². The van der Waals surface area contributed by atoms with Crippen molar-refractivity contribution in [3.63, 3.8) is 0 Å². The zero-order valence-electron chi connectivity index (χ0n) is 14.7. The molecular weight excluding hydrogens is 320 g/mol. The summed E-state index contributed by atoms with van der Waals surface area (Å²) in [6.07, 6.45) is 4.11. The van der Waals surface area contributed by atoms with Crippen LogP contribution in [0.15, 0.2) is 24.3 Å². The molecule has 7 heteroatoms. The van der Waals surface area contributed by atoms with Gasteiger partial charge in [-0.1, -0.05) is 6.07 Å². The second-order valence-electron chi connectivity index (χ2n) is 6.62. The molecule has 25 heavy (non-hydrogen) atoms. The van der Waals surface area contributed by atoms with Gasteiger partial charge >= 0.3 is 12.1 Å². The molecule has 0 aliphatic carbocycles. The molecule has 7 nitrogen and oxygen atoms in total. The standard InChI is InChI=1S/C18H26N4O3/c1-25-18(24)20-15-7-4-6-14(12-15)19-17(23)22-11-5-8-16(22)13-21-9-2-3-10-21/h4,6-7,12,16H,2-3,5,8-11,13H2,1H3,(H,19,23)(H,20,24)/t16-/m1/s1. The highest BCUT2D eigenvalue weighted by molar-refractivity contribution is 5.91. The molecule has 2 aliphatic heterocycles. The molecule has 1 aromatic rings. The number of carbonyl (C=O) groups is 2. The van der Waals surface area contributed by atoms with Crippen LogP contribution in [-0.4, -0.2) is 61.3 Å². The molecule has 2 fully saturated rings. The molecule has 136 valence electrons. The van der Waals surface area contributed by atoms with Crippen molar-refractivity contribution >= 4 is 23.5 Å². The number of amides is 3. The Balaban J connectivity index is 1.59. The summed E-state index contributed by atoms with van der Waals surface area (Å²) in [6.45, 7) is 4.06. The van der Waals surface area contributed by atoms with Crippen LogP contribution in [0.4, 0.5) is 21.0 Å². The predicted molar refractivity (Wildman–Crippen MR) is 96.9 cm³/mol. The van der Waals surface area contributed by atoms with E-state index in [1.807, 2.05) is 11.0 Å². The fraction of sp³-hybridized carbons (Fsp3) is 0.556. The Morgan fingerprint density at radius 3 is 2.56 bits per heavy atom. The second kappa shape index (κ2) is 8.20. The van der Waals surface area contributed by atoms with Gasteiger partial charge in [0.05, 0.1) is 7.11 Å². The van der Waals surface area contributed by atoms with Crippen molar-refractivity contribution in [3.8, 4) is 0 Å². The maximum absolute atomic E-state index is 12.7. The number of anilines is 2. The number of likely N-dealkylation sites (tertiary alicyclic amines) is 2. The average molecular weight is 346 g/mol. The van der Waals surface area contributed by atoms with E-state index in [0.717, 1.165) is 39.0 Å². The molecule has 2 N–H and O–H groups in total. The SMILES string of the molecule is COC(=O)Nc1cccc(NC(=O)N2CCC[C@@H]2CN2CCCC2)c1. The Morgan fingerprint density at radius 1 is 1.12 bits per heavy atom. The zero-order chi connectivity index (χ0) is 17.6. The van der Waals surface area contributed by atoms with Gasteiger partial charge in [0, 0.05) is 30.5 Å². The van der Waals surface area contributed by atoms with Gasteiger partial charge in [-0.3, -0.25) is 5.32 Å². The van der Waals surface area contributed by atoms with Crippen molar-refractivity contribution in [2.75, 3.05) is 43.9 Å². The van der Waals surface area contributed by atoms with Crippen molar-refractivity contribution in [1.29, 1.82) is 0 Å². The first-order valence-corrected chi connectivity index (χ1v) is 8.91. The average Bonchev–Trinajstić information content (AvgIpc) is 3.27. The maximum Gasteiger partial charge on any atom is 0.411 e. The molecule has 3 amide bonds. The molecule has 2 saturated heterocycles. The number of benzene rings is 1. The van der Waals surface area contributed by atoms with E-state index in [1.54, 1.807) is 18.2 Å². The summed E-state index contributed by atoms with van der Waals surface area (Å²) in [6, 6.07) is 7.28. The van der Waals surface area contributed by atoms with Crippen molar-refractivity contribution < 1.29 is 14.3 Å². The normalized spacial score (nSPS) is 20.5. The third-order valence-corrected chi connectivity index (χ3v) is 4.85. The van der Waals surface area contributed by atoms with Crippen LogP contribution in [0.2, 0.25) is 0 Å². The van der Waals surface area contributed by atoms with Gasteiger partial charge in [0.25, 0.3) is 0 Å². The Bertz CT molecular complexity index is 616. The van der Waals surface area contributed by atoms with Crippen molar-refractivity contribution in [2.24, 2.45) is 0 Å². The molecule has 1 atom stereocenters. The van der Waals surface area contributed by atoms with Crippen molar-refractivity contribution in [3.05, 3.63) is 24.3 Å². The quantitative estimate of drug-likeness (QED) is 0.879. The lowest BCUT2D eigenvalue weighted by atomic mass is 10.2. The van der Waals surface area contributed by atoms with E-state index in [4.69, 9.17) is 0 Å². The van der Waals surface area contributed by atoms with Gasteiger partial charge in [0.1, 0.15) is 0 Å². The molecule has 0 unspecified atom stereocenters. The van der Waals surface area contributed by atoms with Gasteiger partial charge < -0.3 is 19.9 Å². The number of urea groups is 1. The number of nitrogens with zero attached hydrogens (tertiary/aromatic N) is 2. The Morgan fingerprint density at radius 2 is 1.84 bits per heavy atom. The number of ether oxygens (including phenoxy) is 1. The molecule has 0 radical (unpaired) electrons. The smallest absolute Gasteiger partial charge is 0.411 e. The molecule has 3 rings (SSSR count). The molecule has 2 aliphatic rings. The molecule has 2 heterocycles. The number of hydrogen-bond acceptors (Lipinski definition) is 4. The minimum Gasteiger partial charge on any atom is -0.453 e. The lowest BCUT2D eigenvalue weighted by Gasteiger charge is -2.28. The molecule has 0 bridgehead atoms. The highest BCUT2D eigenvalue weighted by Crippen LogP contribution is 2.22.